The van der Waals surface area contributed by atoms with Crippen LogP contribution in [0, 0.1) is 11.8 Å². The molecule has 0 saturated carbocycles. The number of piperidine rings is 1. The third-order valence-electron chi connectivity index (χ3n) is 5.74. The van der Waals surface area contributed by atoms with Crippen LogP contribution < -0.4 is 15.4 Å². The second-order valence-corrected chi connectivity index (χ2v) is 8.31. The smallest absolute Gasteiger partial charge is 0.251 e. The van der Waals surface area contributed by atoms with Gasteiger partial charge in [0.2, 0.25) is 11.8 Å². The highest BCUT2D eigenvalue weighted by molar-refractivity contribution is 5.97. The van der Waals surface area contributed by atoms with E-state index in [-0.39, 0.29) is 35.6 Å². The average molecular weight is 418 g/mol. The van der Waals surface area contributed by atoms with Crippen LogP contribution in [0.5, 0.6) is 5.75 Å². The van der Waals surface area contributed by atoms with E-state index in [1.807, 2.05) is 32.6 Å². The predicted octanol–water partition coefficient (Wildman–Crippen LogP) is 2.60. The zero-order chi connectivity index (χ0) is 22.3. The maximum atomic E-state index is 13.0. The molecule has 1 fully saturated rings. The molecule has 2 rings (SSSR count). The topological polar surface area (TPSA) is 87.7 Å². The van der Waals surface area contributed by atoms with Crippen molar-refractivity contribution in [1.82, 2.24) is 15.5 Å². The number of hydrogen-bond donors (Lipinski definition) is 2. The van der Waals surface area contributed by atoms with Gasteiger partial charge in [0.15, 0.2) is 0 Å². The van der Waals surface area contributed by atoms with Crippen molar-refractivity contribution in [2.45, 2.75) is 59.0 Å². The Morgan fingerprint density at radius 1 is 1.07 bits per heavy atom. The van der Waals surface area contributed by atoms with Crippen LogP contribution in [0.2, 0.25) is 0 Å². The highest BCUT2D eigenvalue weighted by Gasteiger charge is 2.34. The molecule has 7 nitrogen and oxygen atoms in total. The molecule has 1 aromatic carbocycles. The summed E-state index contributed by atoms with van der Waals surface area (Å²) in [7, 11) is 1.57. The molecule has 0 unspecified atom stereocenters. The zero-order valence-corrected chi connectivity index (χ0v) is 18.7. The van der Waals surface area contributed by atoms with Crippen molar-refractivity contribution in [3.63, 3.8) is 0 Å². The zero-order valence-electron chi connectivity index (χ0n) is 18.7. The van der Waals surface area contributed by atoms with E-state index in [2.05, 4.69) is 10.6 Å². The standard InChI is InChI=1S/C23H35N3O4/c1-6-16(4)24-22(28)20(17-11-13-26(14-12-17)23(29)15(2)3)25-21(27)18-7-9-19(30-5)10-8-18/h7-10,15-17,20H,6,11-14H2,1-5H3,(H,24,28)(H,25,27)/t16-,20+/m1/s1. The lowest BCUT2D eigenvalue weighted by atomic mass is 9.88. The summed E-state index contributed by atoms with van der Waals surface area (Å²) in [5.74, 6) is 0.284. The minimum absolute atomic E-state index is 0.0209. The highest BCUT2D eigenvalue weighted by atomic mass is 16.5. The number of ether oxygens (including phenoxy) is 1. The molecule has 2 atom stereocenters. The van der Waals surface area contributed by atoms with Gasteiger partial charge in [-0.3, -0.25) is 14.4 Å². The molecule has 1 saturated heterocycles. The third-order valence-corrected chi connectivity index (χ3v) is 5.74. The van der Waals surface area contributed by atoms with Gasteiger partial charge in [0.25, 0.3) is 5.91 Å². The number of likely N-dealkylation sites (tertiary alicyclic amines) is 1. The normalized spacial score (nSPS) is 16.7. The summed E-state index contributed by atoms with van der Waals surface area (Å²) in [4.78, 5) is 39.9. The lowest BCUT2D eigenvalue weighted by Gasteiger charge is -2.36. The van der Waals surface area contributed by atoms with Gasteiger partial charge < -0.3 is 20.3 Å². The van der Waals surface area contributed by atoms with Crippen molar-refractivity contribution < 1.29 is 19.1 Å². The summed E-state index contributed by atoms with van der Waals surface area (Å²) in [6.07, 6.45) is 2.17. The van der Waals surface area contributed by atoms with E-state index in [1.54, 1.807) is 31.4 Å². The Bertz CT molecular complexity index is 724. The molecular weight excluding hydrogens is 382 g/mol. The van der Waals surface area contributed by atoms with Crippen LogP contribution in [0.3, 0.4) is 0 Å². The number of carbonyl (C=O) groups is 3. The molecule has 3 amide bonds. The number of carbonyl (C=O) groups excluding carboxylic acids is 3. The Labute approximate surface area is 179 Å². The van der Waals surface area contributed by atoms with Crippen LogP contribution in [-0.4, -0.2) is 54.9 Å². The van der Waals surface area contributed by atoms with Crippen molar-refractivity contribution in [3.8, 4) is 5.75 Å². The maximum absolute atomic E-state index is 13.0. The van der Waals surface area contributed by atoms with Gasteiger partial charge in [0.1, 0.15) is 11.8 Å². The minimum atomic E-state index is -0.634. The molecule has 30 heavy (non-hydrogen) atoms. The lowest BCUT2D eigenvalue weighted by molar-refractivity contribution is -0.136. The summed E-state index contributed by atoms with van der Waals surface area (Å²) in [6, 6.07) is 6.20. The summed E-state index contributed by atoms with van der Waals surface area (Å²) in [5, 5.41) is 5.94. The van der Waals surface area contributed by atoms with Gasteiger partial charge in [-0.15, -0.1) is 0 Å². The van der Waals surface area contributed by atoms with Crippen LogP contribution in [-0.2, 0) is 9.59 Å². The van der Waals surface area contributed by atoms with Crippen molar-refractivity contribution in [2.75, 3.05) is 20.2 Å². The van der Waals surface area contributed by atoms with Gasteiger partial charge in [-0.25, -0.2) is 0 Å². The first-order valence-corrected chi connectivity index (χ1v) is 10.8. The second-order valence-electron chi connectivity index (χ2n) is 8.31. The fourth-order valence-corrected chi connectivity index (χ4v) is 3.62. The number of methoxy groups -OCH3 is 1. The molecule has 1 aliphatic heterocycles. The first-order chi connectivity index (χ1) is 14.3. The number of nitrogens with one attached hydrogen (secondary N) is 2. The van der Waals surface area contributed by atoms with E-state index in [0.29, 0.717) is 37.2 Å². The lowest BCUT2D eigenvalue weighted by Crippen LogP contribution is -2.55. The molecule has 0 radical (unpaired) electrons. The largest absolute Gasteiger partial charge is 0.497 e. The maximum Gasteiger partial charge on any atom is 0.251 e. The molecule has 0 bridgehead atoms. The Kier molecular flexibility index (Phi) is 8.69. The van der Waals surface area contributed by atoms with E-state index in [0.717, 1.165) is 6.42 Å². The first kappa shape index (κ1) is 23.7. The minimum Gasteiger partial charge on any atom is -0.497 e. The van der Waals surface area contributed by atoms with E-state index in [9.17, 15) is 14.4 Å². The molecule has 0 spiro atoms. The van der Waals surface area contributed by atoms with Gasteiger partial charge in [0, 0.05) is 30.6 Å². The molecule has 2 N–H and O–H groups in total. The number of rotatable bonds is 8. The fraction of sp³-hybridized carbons (Fsp3) is 0.609. The quantitative estimate of drug-likeness (QED) is 0.681. The van der Waals surface area contributed by atoms with Gasteiger partial charge in [-0.05, 0) is 56.4 Å². The summed E-state index contributed by atoms with van der Waals surface area (Å²) in [5.41, 5.74) is 0.476. The number of hydrogen-bond acceptors (Lipinski definition) is 4. The highest BCUT2D eigenvalue weighted by Crippen LogP contribution is 2.23. The fourth-order valence-electron chi connectivity index (χ4n) is 3.62. The number of benzene rings is 1. The van der Waals surface area contributed by atoms with Gasteiger partial charge in [-0.2, -0.15) is 0 Å². The van der Waals surface area contributed by atoms with E-state index in [4.69, 9.17) is 4.74 Å². The van der Waals surface area contributed by atoms with Crippen molar-refractivity contribution in [3.05, 3.63) is 29.8 Å². The molecular formula is C23H35N3O4. The Hall–Kier alpha value is -2.57. The summed E-state index contributed by atoms with van der Waals surface area (Å²) in [6.45, 7) is 8.95. The summed E-state index contributed by atoms with van der Waals surface area (Å²) >= 11 is 0. The molecule has 0 aromatic heterocycles. The SMILES string of the molecule is CC[C@@H](C)NC(=O)[C@@H](NC(=O)c1ccc(OC)cc1)C1CCN(C(=O)C(C)C)CC1. The molecule has 1 aliphatic rings. The molecule has 1 aromatic rings. The number of amides is 3. The van der Waals surface area contributed by atoms with Crippen LogP contribution in [0.4, 0.5) is 0 Å². The van der Waals surface area contributed by atoms with Crippen molar-refractivity contribution >= 4 is 17.7 Å². The van der Waals surface area contributed by atoms with Crippen LogP contribution >= 0.6 is 0 Å². The van der Waals surface area contributed by atoms with Crippen LogP contribution in [0.1, 0.15) is 57.3 Å². The van der Waals surface area contributed by atoms with Crippen molar-refractivity contribution in [2.24, 2.45) is 11.8 Å². The Morgan fingerprint density at radius 2 is 1.67 bits per heavy atom. The average Bonchev–Trinajstić information content (AvgIpc) is 2.76. The van der Waals surface area contributed by atoms with Crippen molar-refractivity contribution in [1.29, 1.82) is 0 Å². The molecule has 1 heterocycles. The predicted molar refractivity (Wildman–Crippen MR) is 116 cm³/mol. The van der Waals surface area contributed by atoms with Crippen LogP contribution in [0.25, 0.3) is 0 Å². The molecule has 166 valence electrons. The van der Waals surface area contributed by atoms with E-state index >= 15 is 0 Å². The third kappa shape index (κ3) is 6.21. The monoisotopic (exact) mass is 417 g/mol. The van der Waals surface area contributed by atoms with Gasteiger partial charge in [-0.1, -0.05) is 20.8 Å². The second kappa shape index (κ2) is 11.0. The number of nitrogens with zero attached hydrogens (tertiary/aromatic N) is 1. The Morgan fingerprint density at radius 3 is 2.17 bits per heavy atom. The van der Waals surface area contributed by atoms with Crippen LogP contribution in [0.15, 0.2) is 24.3 Å². The van der Waals surface area contributed by atoms with E-state index < -0.39 is 6.04 Å². The molecule has 0 aliphatic carbocycles. The molecule has 7 heteroatoms. The Balaban J connectivity index is 2.11. The van der Waals surface area contributed by atoms with Gasteiger partial charge >= 0.3 is 0 Å². The summed E-state index contributed by atoms with van der Waals surface area (Å²) < 4.78 is 5.14. The van der Waals surface area contributed by atoms with E-state index in [1.165, 1.54) is 0 Å². The van der Waals surface area contributed by atoms with Gasteiger partial charge in [0.05, 0.1) is 7.11 Å². The first-order valence-electron chi connectivity index (χ1n) is 10.8.